The summed E-state index contributed by atoms with van der Waals surface area (Å²) in [4.78, 5) is 11.3. The maximum Gasteiger partial charge on any atom is 0.121 e. The third-order valence-corrected chi connectivity index (χ3v) is 4.22. The minimum absolute atomic E-state index is 0.760. The van der Waals surface area contributed by atoms with Crippen LogP contribution in [0.25, 0.3) is 21.9 Å². The highest BCUT2D eigenvalue weighted by Gasteiger charge is 2.04. The molecule has 0 fully saturated rings. The highest BCUT2D eigenvalue weighted by molar-refractivity contribution is 5.83. The molecule has 0 spiro atoms. The Morgan fingerprint density at radius 2 is 2.00 bits per heavy atom. The van der Waals surface area contributed by atoms with E-state index in [2.05, 4.69) is 75.9 Å². The van der Waals surface area contributed by atoms with Crippen molar-refractivity contribution in [2.24, 2.45) is 0 Å². The molecule has 4 rings (SSSR count). The van der Waals surface area contributed by atoms with Gasteiger partial charge in [-0.1, -0.05) is 24.3 Å². The van der Waals surface area contributed by atoms with Gasteiger partial charge in [0.05, 0.1) is 17.6 Å². The van der Waals surface area contributed by atoms with Gasteiger partial charge in [0.1, 0.15) is 5.82 Å². The van der Waals surface area contributed by atoms with Gasteiger partial charge in [0.15, 0.2) is 0 Å². The van der Waals surface area contributed by atoms with Crippen LogP contribution >= 0.6 is 0 Å². The van der Waals surface area contributed by atoms with E-state index in [1.54, 1.807) is 0 Å². The molecular formula is C19H20N4. The number of H-pyrrole nitrogens is 2. The van der Waals surface area contributed by atoms with Gasteiger partial charge in [-0.2, -0.15) is 0 Å². The summed E-state index contributed by atoms with van der Waals surface area (Å²) in [5, 5.41) is 4.79. The van der Waals surface area contributed by atoms with Crippen molar-refractivity contribution in [2.45, 2.75) is 19.9 Å². The quantitative estimate of drug-likeness (QED) is 0.493. The molecular weight excluding hydrogens is 284 g/mol. The lowest BCUT2D eigenvalue weighted by molar-refractivity contribution is 0.667. The number of hydrogen-bond donors (Lipinski definition) is 3. The molecule has 4 aromatic rings. The highest BCUT2D eigenvalue weighted by Crippen LogP contribution is 2.18. The number of aromatic amines is 2. The number of hydrogen-bond acceptors (Lipinski definition) is 2. The lowest BCUT2D eigenvalue weighted by atomic mass is 10.1. The molecule has 0 unspecified atom stereocenters. The Morgan fingerprint density at radius 1 is 1.09 bits per heavy atom. The van der Waals surface area contributed by atoms with Crippen LogP contribution in [0.15, 0.2) is 48.7 Å². The van der Waals surface area contributed by atoms with E-state index >= 15 is 0 Å². The molecule has 4 nitrogen and oxygen atoms in total. The van der Waals surface area contributed by atoms with Crippen molar-refractivity contribution in [1.29, 1.82) is 0 Å². The zero-order valence-corrected chi connectivity index (χ0v) is 13.2. The van der Waals surface area contributed by atoms with Gasteiger partial charge in [-0.05, 0) is 49.2 Å². The van der Waals surface area contributed by atoms with Crippen molar-refractivity contribution in [3.8, 4) is 0 Å². The maximum atomic E-state index is 4.61. The minimum atomic E-state index is 0.760. The van der Waals surface area contributed by atoms with E-state index in [0.717, 1.165) is 36.4 Å². The first kappa shape index (κ1) is 14.0. The molecule has 3 N–H and O–H groups in total. The Balaban J connectivity index is 1.37. The van der Waals surface area contributed by atoms with Crippen LogP contribution in [-0.2, 0) is 13.0 Å². The second kappa shape index (κ2) is 5.89. The molecule has 2 aromatic carbocycles. The standard InChI is InChI=1S/C19H20N4/c1-13-6-7-17-18(10-13)23-19(22-17)12-20-9-8-14-11-21-16-5-3-2-4-15(14)16/h2-7,10-11,20-21H,8-9,12H2,1H3,(H,22,23). The van der Waals surface area contributed by atoms with Crippen molar-refractivity contribution < 1.29 is 0 Å². The first-order valence-electron chi connectivity index (χ1n) is 8.00. The number of para-hydroxylation sites is 1. The summed E-state index contributed by atoms with van der Waals surface area (Å²) < 4.78 is 0. The van der Waals surface area contributed by atoms with Crippen LogP contribution in [0.5, 0.6) is 0 Å². The summed E-state index contributed by atoms with van der Waals surface area (Å²) in [5.41, 5.74) is 5.95. The lowest BCUT2D eigenvalue weighted by Gasteiger charge is -2.02. The Morgan fingerprint density at radius 3 is 2.96 bits per heavy atom. The normalized spacial score (nSPS) is 11.5. The van der Waals surface area contributed by atoms with Gasteiger partial charge >= 0.3 is 0 Å². The van der Waals surface area contributed by atoms with Gasteiger partial charge in [0, 0.05) is 17.1 Å². The summed E-state index contributed by atoms with van der Waals surface area (Å²) in [7, 11) is 0. The number of imidazole rings is 1. The lowest BCUT2D eigenvalue weighted by Crippen LogP contribution is -2.17. The third-order valence-electron chi connectivity index (χ3n) is 4.22. The van der Waals surface area contributed by atoms with Gasteiger partial charge in [-0.15, -0.1) is 0 Å². The van der Waals surface area contributed by atoms with Crippen LogP contribution in [0.2, 0.25) is 0 Å². The molecule has 0 bridgehead atoms. The summed E-state index contributed by atoms with van der Waals surface area (Å²) in [6.45, 7) is 3.79. The van der Waals surface area contributed by atoms with Crippen molar-refractivity contribution in [3.63, 3.8) is 0 Å². The van der Waals surface area contributed by atoms with E-state index in [-0.39, 0.29) is 0 Å². The average molecular weight is 304 g/mol. The van der Waals surface area contributed by atoms with Gasteiger partial charge in [-0.3, -0.25) is 0 Å². The number of fused-ring (bicyclic) bond motifs is 2. The SMILES string of the molecule is Cc1ccc2nc(CNCCc3c[nH]c4ccccc34)[nH]c2c1. The molecule has 0 saturated carbocycles. The molecule has 116 valence electrons. The molecule has 0 aliphatic carbocycles. The van der Waals surface area contributed by atoms with Gasteiger partial charge in [0.25, 0.3) is 0 Å². The molecule has 0 radical (unpaired) electrons. The van der Waals surface area contributed by atoms with E-state index < -0.39 is 0 Å². The fraction of sp³-hybridized carbons (Fsp3) is 0.211. The Kier molecular flexibility index (Phi) is 3.60. The number of nitrogens with one attached hydrogen (secondary N) is 3. The van der Waals surface area contributed by atoms with Gasteiger partial charge < -0.3 is 15.3 Å². The smallest absolute Gasteiger partial charge is 0.121 e. The Hall–Kier alpha value is -2.59. The number of nitrogens with zero attached hydrogens (tertiary/aromatic N) is 1. The average Bonchev–Trinajstić information content (AvgIpc) is 3.15. The van der Waals surface area contributed by atoms with Crippen molar-refractivity contribution in [3.05, 3.63) is 65.6 Å². The van der Waals surface area contributed by atoms with Crippen LogP contribution in [0.3, 0.4) is 0 Å². The second-order valence-corrected chi connectivity index (χ2v) is 5.99. The fourth-order valence-electron chi connectivity index (χ4n) is 3.03. The van der Waals surface area contributed by atoms with E-state index in [4.69, 9.17) is 0 Å². The molecule has 0 aliphatic rings. The molecule has 0 atom stereocenters. The van der Waals surface area contributed by atoms with Crippen LogP contribution in [0.1, 0.15) is 17.0 Å². The number of benzene rings is 2. The second-order valence-electron chi connectivity index (χ2n) is 5.99. The molecule has 23 heavy (non-hydrogen) atoms. The zero-order chi connectivity index (χ0) is 15.6. The van der Waals surface area contributed by atoms with Crippen LogP contribution in [0.4, 0.5) is 0 Å². The summed E-state index contributed by atoms with van der Waals surface area (Å²) >= 11 is 0. The Labute approximate surface area is 134 Å². The maximum absolute atomic E-state index is 4.61. The van der Waals surface area contributed by atoms with Crippen molar-refractivity contribution in [1.82, 2.24) is 20.3 Å². The van der Waals surface area contributed by atoms with Crippen LogP contribution in [0, 0.1) is 6.92 Å². The Bertz CT molecular complexity index is 948. The van der Waals surface area contributed by atoms with Crippen LogP contribution < -0.4 is 5.32 Å². The summed E-state index contributed by atoms with van der Waals surface area (Å²) in [5.74, 6) is 0.990. The molecule has 0 aliphatic heterocycles. The van der Waals surface area contributed by atoms with E-state index in [9.17, 15) is 0 Å². The largest absolute Gasteiger partial charge is 0.361 e. The van der Waals surface area contributed by atoms with Crippen molar-refractivity contribution >= 4 is 21.9 Å². The first-order valence-corrected chi connectivity index (χ1v) is 8.00. The minimum Gasteiger partial charge on any atom is -0.361 e. The first-order chi connectivity index (χ1) is 11.3. The summed E-state index contributed by atoms with van der Waals surface area (Å²) in [6, 6.07) is 14.7. The number of aryl methyl sites for hydroxylation is 1. The number of rotatable bonds is 5. The van der Waals surface area contributed by atoms with E-state index in [0.29, 0.717) is 0 Å². The van der Waals surface area contributed by atoms with Crippen LogP contribution in [-0.4, -0.2) is 21.5 Å². The van der Waals surface area contributed by atoms with E-state index in [1.807, 2.05) is 0 Å². The zero-order valence-electron chi connectivity index (χ0n) is 13.2. The van der Waals surface area contributed by atoms with Gasteiger partial charge in [-0.25, -0.2) is 4.98 Å². The monoisotopic (exact) mass is 304 g/mol. The van der Waals surface area contributed by atoms with Crippen molar-refractivity contribution in [2.75, 3.05) is 6.54 Å². The third kappa shape index (κ3) is 2.85. The topological polar surface area (TPSA) is 56.5 Å². The number of aromatic nitrogens is 3. The predicted octanol–water partition coefficient (Wildman–Crippen LogP) is 3.68. The molecule has 0 saturated heterocycles. The summed E-state index contributed by atoms with van der Waals surface area (Å²) in [6.07, 6.45) is 3.11. The highest BCUT2D eigenvalue weighted by atomic mass is 15.0. The van der Waals surface area contributed by atoms with E-state index in [1.165, 1.54) is 22.0 Å². The fourth-order valence-corrected chi connectivity index (χ4v) is 3.03. The molecule has 0 amide bonds. The molecule has 2 heterocycles. The molecule has 4 heteroatoms. The van der Waals surface area contributed by atoms with Gasteiger partial charge in [0.2, 0.25) is 0 Å². The molecule has 2 aromatic heterocycles. The predicted molar refractivity (Wildman–Crippen MR) is 94.5 cm³/mol.